The second-order valence-corrected chi connectivity index (χ2v) is 5.17. The first-order chi connectivity index (χ1) is 9.97. The minimum atomic E-state index is -4.33. The normalized spacial score (nSPS) is 16.8. The van der Waals surface area contributed by atoms with Crippen molar-refractivity contribution in [2.45, 2.75) is 44.6 Å². The van der Waals surface area contributed by atoms with Crippen LogP contribution in [0.15, 0.2) is 24.3 Å². The van der Waals surface area contributed by atoms with Gasteiger partial charge in [-0.1, -0.05) is 18.2 Å². The molecule has 0 spiro atoms. The van der Waals surface area contributed by atoms with Gasteiger partial charge in [-0.3, -0.25) is 0 Å². The fraction of sp³-hybridized carbons (Fsp3) is 0.600. The molecule has 0 saturated heterocycles. The van der Waals surface area contributed by atoms with Crippen LogP contribution in [0, 0.1) is 0 Å². The van der Waals surface area contributed by atoms with Gasteiger partial charge in [-0.2, -0.15) is 13.2 Å². The van der Waals surface area contributed by atoms with Crippen molar-refractivity contribution < 1.29 is 22.6 Å². The van der Waals surface area contributed by atoms with Crippen LogP contribution in [0.4, 0.5) is 13.2 Å². The van der Waals surface area contributed by atoms with Crippen LogP contribution in [-0.2, 0) is 11.3 Å². The molecule has 1 aromatic rings. The summed E-state index contributed by atoms with van der Waals surface area (Å²) in [7, 11) is 0. The lowest BCUT2D eigenvalue weighted by Crippen LogP contribution is -2.30. The molecule has 6 heteroatoms. The lowest BCUT2D eigenvalue weighted by atomic mass is 10.2. The van der Waals surface area contributed by atoms with Crippen molar-refractivity contribution in [2.75, 3.05) is 13.2 Å². The number of hydrogen-bond donors (Lipinski definition) is 1. The number of alkyl halides is 3. The van der Waals surface area contributed by atoms with Crippen molar-refractivity contribution >= 4 is 0 Å². The average Bonchev–Trinajstić information content (AvgIpc) is 3.25. The van der Waals surface area contributed by atoms with Gasteiger partial charge in [-0.15, -0.1) is 0 Å². The molecule has 0 aliphatic heterocycles. The van der Waals surface area contributed by atoms with E-state index in [0.717, 1.165) is 12.5 Å². The van der Waals surface area contributed by atoms with Gasteiger partial charge in [-0.05, 0) is 25.8 Å². The summed E-state index contributed by atoms with van der Waals surface area (Å²) in [5.41, 5.74) is 1.01. The van der Waals surface area contributed by atoms with Crippen LogP contribution in [0.25, 0.3) is 0 Å². The topological polar surface area (TPSA) is 30.5 Å². The summed E-state index contributed by atoms with van der Waals surface area (Å²) in [5, 5.41) is 3.38. The van der Waals surface area contributed by atoms with Gasteiger partial charge < -0.3 is 14.8 Å². The van der Waals surface area contributed by atoms with E-state index in [1.807, 2.05) is 24.3 Å². The Morgan fingerprint density at radius 2 is 1.95 bits per heavy atom. The number of halogens is 3. The molecule has 21 heavy (non-hydrogen) atoms. The zero-order valence-corrected chi connectivity index (χ0v) is 12.0. The van der Waals surface area contributed by atoms with Crippen molar-refractivity contribution in [3.8, 4) is 5.75 Å². The summed E-state index contributed by atoms with van der Waals surface area (Å²) >= 11 is 0. The molecular formula is C15H20F3NO2. The predicted octanol–water partition coefficient (Wildman–Crippen LogP) is 3.28. The zero-order chi connectivity index (χ0) is 15.3. The Kier molecular flexibility index (Phi) is 5.47. The van der Waals surface area contributed by atoms with Crippen LogP contribution in [0.2, 0.25) is 0 Å². The van der Waals surface area contributed by atoms with Crippen molar-refractivity contribution in [3.05, 3.63) is 29.8 Å². The van der Waals surface area contributed by atoms with Gasteiger partial charge in [0, 0.05) is 18.2 Å². The fourth-order valence-electron chi connectivity index (χ4n) is 1.80. The third-order valence-electron chi connectivity index (χ3n) is 3.30. The molecule has 1 aliphatic rings. The standard InChI is InChI=1S/C15H20F3NO2/c1-11(15(16,17)18)20-8-9-21-14-5-3-2-4-12(14)10-19-13-6-7-13/h2-5,11,13,19H,6-10H2,1H3. The van der Waals surface area contributed by atoms with Gasteiger partial charge in [0.2, 0.25) is 0 Å². The first-order valence-corrected chi connectivity index (χ1v) is 7.09. The van der Waals surface area contributed by atoms with E-state index in [4.69, 9.17) is 9.47 Å². The molecule has 1 fully saturated rings. The SMILES string of the molecule is CC(OCCOc1ccccc1CNC1CC1)C(F)(F)F. The van der Waals surface area contributed by atoms with Gasteiger partial charge >= 0.3 is 6.18 Å². The number of hydrogen-bond acceptors (Lipinski definition) is 3. The van der Waals surface area contributed by atoms with Crippen molar-refractivity contribution in [3.63, 3.8) is 0 Å². The van der Waals surface area contributed by atoms with E-state index in [-0.39, 0.29) is 13.2 Å². The highest BCUT2D eigenvalue weighted by atomic mass is 19.4. The number of benzene rings is 1. The molecule has 2 rings (SSSR count). The maximum Gasteiger partial charge on any atom is 0.414 e. The molecule has 1 aromatic carbocycles. The van der Waals surface area contributed by atoms with Gasteiger partial charge in [0.15, 0.2) is 6.10 Å². The highest BCUT2D eigenvalue weighted by Crippen LogP contribution is 2.23. The molecule has 0 heterocycles. The summed E-state index contributed by atoms with van der Waals surface area (Å²) < 4.78 is 47.0. The Hall–Kier alpha value is -1.27. The lowest BCUT2D eigenvalue weighted by Gasteiger charge is -2.17. The van der Waals surface area contributed by atoms with Gasteiger partial charge in [0.1, 0.15) is 12.4 Å². The Morgan fingerprint density at radius 1 is 1.24 bits per heavy atom. The Labute approximate surface area is 122 Å². The molecule has 1 unspecified atom stereocenters. The van der Waals surface area contributed by atoms with E-state index in [0.29, 0.717) is 18.3 Å². The first kappa shape index (κ1) is 16.1. The van der Waals surface area contributed by atoms with Crippen LogP contribution in [0.5, 0.6) is 5.75 Å². The quantitative estimate of drug-likeness (QED) is 0.748. The average molecular weight is 303 g/mol. The number of ether oxygens (including phenoxy) is 2. The molecule has 1 saturated carbocycles. The minimum Gasteiger partial charge on any atom is -0.491 e. The number of rotatable bonds is 8. The van der Waals surface area contributed by atoms with E-state index in [1.54, 1.807) is 0 Å². The van der Waals surface area contributed by atoms with E-state index in [2.05, 4.69) is 5.32 Å². The van der Waals surface area contributed by atoms with E-state index < -0.39 is 12.3 Å². The largest absolute Gasteiger partial charge is 0.491 e. The summed E-state index contributed by atoms with van der Waals surface area (Å²) in [6, 6.07) is 8.11. The van der Waals surface area contributed by atoms with Gasteiger partial charge in [0.25, 0.3) is 0 Å². The Morgan fingerprint density at radius 3 is 2.62 bits per heavy atom. The van der Waals surface area contributed by atoms with Crippen LogP contribution in [0.1, 0.15) is 25.3 Å². The molecule has 1 aliphatic carbocycles. The molecular weight excluding hydrogens is 283 g/mol. The zero-order valence-electron chi connectivity index (χ0n) is 12.0. The minimum absolute atomic E-state index is 0.0922. The predicted molar refractivity (Wildman–Crippen MR) is 73.3 cm³/mol. The maximum absolute atomic E-state index is 12.3. The molecule has 1 atom stereocenters. The molecule has 0 amide bonds. The Bertz CT molecular complexity index is 447. The van der Waals surface area contributed by atoms with Crippen LogP contribution in [0.3, 0.4) is 0 Å². The third kappa shape index (κ3) is 5.55. The van der Waals surface area contributed by atoms with E-state index in [1.165, 1.54) is 12.8 Å². The Balaban J connectivity index is 1.74. The smallest absolute Gasteiger partial charge is 0.414 e. The number of nitrogens with one attached hydrogen (secondary N) is 1. The molecule has 1 N–H and O–H groups in total. The number of para-hydroxylation sites is 1. The van der Waals surface area contributed by atoms with Crippen molar-refractivity contribution in [1.82, 2.24) is 5.32 Å². The van der Waals surface area contributed by atoms with Crippen molar-refractivity contribution in [2.24, 2.45) is 0 Å². The molecule has 0 aromatic heterocycles. The van der Waals surface area contributed by atoms with E-state index >= 15 is 0 Å². The molecule has 3 nitrogen and oxygen atoms in total. The molecule has 0 bridgehead atoms. The molecule has 118 valence electrons. The summed E-state index contributed by atoms with van der Waals surface area (Å²) in [5.74, 6) is 0.689. The van der Waals surface area contributed by atoms with Crippen LogP contribution >= 0.6 is 0 Å². The van der Waals surface area contributed by atoms with Gasteiger partial charge in [0.05, 0.1) is 6.61 Å². The molecule has 0 radical (unpaired) electrons. The van der Waals surface area contributed by atoms with Crippen LogP contribution < -0.4 is 10.1 Å². The monoisotopic (exact) mass is 303 g/mol. The second kappa shape index (κ2) is 7.13. The first-order valence-electron chi connectivity index (χ1n) is 7.09. The lowest BCUT2D eigenvalue weighted by molar-refractivity contribution is -0.215. The summed E-state index contributed by atoms with van der Waals surface area (Å²) in [6.07, 6.45) is -3.70. The summed E-state index contributed by atoms with van der Waals surface area (Å²) in [6.45, 7) is 1.71. The fourth-order valence-corrected chi connectivity index (χ4v) is 1.80. The van der Waals surface area contributed by atoms with Crippen LogP contribution in [-0.4, -0.2) is 31.5 Å². The van der Waals surface area contributed by atoms with Gasteiger partial charge in [-0.25, -0.2) is 0 Å². The second-order valence-electron chi connectivity index (χ2n) is 5.17. The highest BCUT2D eigenvalue weighted by molar-refractivity contribution is 5.33. The maximum atomic E-state index is 12.3. The van der Waals surface area contributed by atoms with E-state index in [9.17, 15) is 13.2 Å². The third-order valence-corrected chi connectivity index (χ3v) is 3.30. The highest BCUT2D eigenvalue weighted by Gasteiger charge is 2.36. The van der Waals surface area contributed by atoms with Crippen molar-refractivity contribution in [1.29, 1.82) is 0 Å². The summed E-state index contributed by atoms with van der Waals surface area (Å²) in [4.78, 5) is 0.